The topological polar surface area (TPSA) is 104 Å². The number of carbonyl (C=O) groups excluding carboxylic acids is 1. The number of nitriles is 1. The molecule has 1 atom stereocenters. The number of rotatable bonds is 6. The summed E-state index contributed by atoms with van der Waals surface area (Å²) in [6.07, 6.45) is 0. The van der Waals surface area contributed by atoms with Crippen molar-refractivity contribution >= 4 is 17.6 Å². The van der Waals surface area contributed by atoms with Crippen LogP contribution in [0.2, 0.25) is 5.02 Å². The van der Waals surface area contributed by atoms with E-state index in [1.165, 1.54) is 7.11 Å². The lowest BCUT2D eigenvalue weighted by Gasteiger charge is -2.28. The highest BCUT2D eigenvalue weighted by Gasteiger charge is 2.38. The van der Waals surface area contributed by atoms with Crippen LogP contribution in [0.4, 0.5) is 0 Å². The van der Waals surface area contributed by atoms with E-state index in [1.54, 1.807) is 26.0 Å². The number of nitrogens with two attached hydrogens (primary N) is 1. The summed E-state index contributed by atoms with van der Waals surface area (Å²) < 4.78 is 21.4. The van der Waals surface area contributed by atoms with Crippen LogP contribution < -0.4 is 15.2 Å². The van der Waals surface area contributed by atoms with Gasteiger partial charge in [-0.25, -0.2) is 4.79 Å². The molecule has 0 bridgehead atoms. The highest BCUT2D eigenvalue weighted by Crippen LogP contribution is 2.45. The van der Waals surface area contributed by atoms with Crippen LogP contribution in [0.5, 0.6) is 11.5 Å². The van der Waals surface area contributed by atoms with E-state index in [0.717, 1.165) is 0 Å². The van der Waals surface area contributed by atoms with Gasteiger partial charge in [0.05, 0.1) is 31.8 Å². The van der Waals surface area contributed by atoms with Crippen molar-refractivity contribution in [3.8, 4) is 17.6 Å². The largest absolute Gasteiger partial charge is 0.493 e. The summed E-state index contributed by atoms with van der Waals surface area (Å²) in [5, 5.41) is 9.92. The van der Waals surface area contributed by atoms with Crippen LogP contribution in [0.3, 0.4) is 0 Å². The van der Waals surface area contributed by atoms with Crippen LogP contribution in [-0.4, -0.2) is 26.3 Å². The van der Waals surface area contributed by atoms with Gasteiger partial charge in [0.15, 0.2) is 11.5 Å². The maximum Gasteiger partial charge on any atom is 0.338 e. The van der Waals surface area contributed by atoms with E-state index in [9.17, 15) is 10.1 Å². The second-order valence-electron chi connectivity index (χ2n) is 5.57. The number of hydrogen-bond acceptors (Lipinski definition) is 7. The van der Waals surface area contributed by atoms with E-state index in [0.29, 0.717) is 23.7 Å². The van der Waals surface area contributed by atoms with E-state index < -0.39 is 11.9 Å². The first-order chi connectivity index (χ1) is 12.9. The number of carbonyl (C=O) groups is 1. The van der Waals surface area contributed by atoms with Gasteiger partial charge in [0, 0.05) is 11.1 Å². The molecule has 0 saturated carbocycles. The van der Waals surface area contributed by atoms with E-state index in [2.05, 4.69) is 0 Å². The first-order valence-corrected chi connectivity index (χ1v) is 8.72. The van der Waals surface area contributed by atoms with Gasteiger partial charge in [-0.1, -0.05) is 11.6 Å². The Morgan fingerprint density at radius 2 is 2.04 bits per heavy atom. The van der Waals surface area contributed by atoms with E-state index in [-0.39, 0.29) is 34.4 Å². The fraction of sp³-hybridized carbons (Fsp3) is 0.368. The van der Waals surface area contributed by atoms with Crippen LogP contribution in [0.25, 0.3) is 0 Å². The highest BCUT2D eigenvalue weighted by atomic mass is 35.5. The lowest BCUT2D eigenvalue weighted by atomic mass is 9.83. The summed E-state index contributed by atoms with van der Waals surface area (Å²) >= 11 is 6.45. The average Bonchev–Trinajstić information content (AvgIpc) is 2.62. The quantitative estimate of drug-likeness (QED) is 0.740. The molecule has 2 N–H and O–H groups in total. The first-order valence-electron chi connectivity index (χ1n) is 8.35. The SMILES string of the molecule is CCOC(=O)C1=C(C)OC(N)=C(C#N)C1c1cc(OCC)c(OC)cc1Cl. The molecule has 0 amide bonds. The van der Waals surface area contributed by atoms with Gasteiger partial charge >= 0.3 is 5.97 Å². The van der Waals surface area contributed by atoms with Crippen LogP contribution in [0.15, 0.2) is 34.9 Å². The average molecular weight is 393 g/mol. The third-order valence-corrected chi connectivity index (χ3v) is 4.32. The van der Waals surface area contributed by atoms with Crippen LogP contribution in [-0.2, 0) is 14.3 Å². The maximum absolute atomic E-state index is 12.6. The lowest BCUT2D eigenvalue weighted by molar-refractivity contribution is -0.139. The molecular weight excluding hydrogens is 372 g/mol. The Balaban J connectivity index is 2.73. The normalized spacial score (nSPS) is 16.5. The van der Waals surface area contributed by atoms with Crippen LogP contribution in [0.1, 0.15) is 32.3 Å². The summed E-state index contributed by atoms with van der Waals surface area (Å²) in [6.45, 7) is 5.67. The maximum atomic E-state index is 12.6. The van der Waals surface area contributed by atoms with Crippen molar-refractivity contribution in [3.05, 3.63) is 45.5 Å². The second kappa shape index (κ2) is 8.69. The Kier molecular flexibility index (Phi) is 6.59. The summed E-state index contributed by atoms with van der Waals surface area (Å²) in [7, 11) is 1.50. The molecule has 0 saturated heterocycles. The molecule has 2 rings (SSSR count). The third-order valence-electron chi connectivity index (χ3n) is 3.99. The van der Waals surface area contributed by atoms with Gasteiger partial charge < -0.3 is 24.7 Å². The Bertz CT molecular complexity index is 854. The molecule has 1 heterocycles. The van der Waals surface area contributed by atoms with Crippen molar-refractivity contribution in [2.24, 2.45) is 5.73 Å². The van der Waals surface area contributed by atoms with Gasteiger partial charge in [-0.15, -0.1) is 0 Å². The molecule has 0 spiro atoms. The van der Waals surface area contributed by atoms with Gasteiger partial charge in [-0.05, 0) is 32.4 Å². The van der Waals surface area contributed by atoms with Crippen molar-refractivity contribution in [1.29, 1.82) is 5.26 Å². The Morgan fingerprint density at radius 1 is 1.33 bits per heavy atom. The molecule has 8 heteroatoms. The first kappa shape index (κ1) is 20.5. The highest BCUT2D eigenvalue weighted by molar-refractivity contribution is 6.31. The van der Waals surface area contributed by atoms with Crippen molar-refractivity contribution < 1.29 is 23.7 Å². The number of esters is 1. The van der Waals surface area contributed by atoms with Gasteiger partial charge in [0.2, 0.25) is 5.88 Å². The molecule has 1 aliphatic heterocycles. The number of nitrogens with zero attached hydrogens (tertiary/aromatic N) is 1. The monoisotopic (exact) mass is 392 g/mol. The van der Waals surface area contributed by atoms with Crippen molar-refractivity contribution in [1.82, 2.24) is 0 Å². The number of allylic oxidation sites excluding steroid dienone is 2. The van der Waals surface area contributed by atoms with Gasteiger partial charge in [-0.3, -0.25) is 0 Å². The molecule has 0 aromatic heterocycles. The molecule has 0 radical (unpaired) electrons. The lowest BCUT2D eigenvalue weighted by Crippen LogP contribution is -2.25. The minimum atomic E-state index is -0.847. The zero-order valence-electron chi connectivity index (χ0n) is 15.6. The zero-order valence-corrected chi connectivity index (χ0v) is 16.3. The minimum absolute atomic E-state index is 0.0677. The van der Waals surface area contributed by atoms with Gasteiger partial charge in [-0.2, -0.15) is 5.26 Å². The number of hydrogen-bond donors (Lipinski definition) is 1. The Hall–Kier alpha value is -2.85. The summed E-state index contributed by atoms with van der Waals surface area (Å²) in [5.41, 5.74) is 6.59. The molecular formula is C19H21ClN2O5. The Labute approximate surface area is 162 Å². The number of methoxy groups -OCH3 is 1. The predicted octanol–water partition coefficient (Wildman–Crippen LogP) is 3.39. The van der Waals surface area contributed by atoms with Crippen molar-refractivity contribution in [2.75, 3.05) is 20.3 Å². The fourth-order valence-corrected chi connectivity index (χ4v) is 3.13. The smallest absolute Gasteiger partial charge is 0.338 e. The summed E-state index contributed by atoms with van der Waals surface area (Å²) in [4.78, 5) is 12.6. The molecule has 1 aliphatic rings. The van der Waals surface area contributed by atoms with Gasteiger partial charge in [0.1, 0.15) is 17.4 Å². The summed E-state index contributed by atoms with van der Waals surface area (Å²) in [5.74, 6) is -0.419. The van der Waals surface area contributed by atoms with Crippen LogP contribution in [0, 0.1) is 11.3 Å². The molecule has 7 nitrogen and oxygen atoms in total. The molecule has 27 heavy (non-hydrogen) atoms. The Morgan fingerprint density at radius 3 is 2.59 bits per heavy atom. The van der Waals surface area contributed by atoms with E-state index in [4.69, 9.17) is 36.3 Å². The zero-order chi connectivity index (χ0) is 20.1. The fourth-order valence-electron chi connectivity index (χ4n) is 2.87. The standard InChI is InChI=1S/C19H21ClN2O5/c1-5-25-15-7-11(13(20)8-14(15)24-4)17-12(9-21)18(22)27-10(3)16(17)19(23)26-6-2/h7-8,17H,5-6,22H2,1-4H3. The van der Waals surface area contributed by atoms with Gasteiger partial charge in [0.25, 0.3) is 0 Å². The second-order valence-corrected chi connectivity index (χ2v) is 5.98. The van der Waals surface area contributed by atoms with E-state index >= 15 is 0 Å². The van der Waals surface area contributed by atoms with E-state index in [1.807, 2.05) is 13.0 Å². The number of ether oxygens (including phenoxy) is 4. The third kappa shape index (κ3) is 3.96. The van der Waals surface area contributed by atoms with Crippen LogP contribution >= 0.6 is 11.6 Å². The molecule has 1 aromatic carbocycles. The number of halogens is 1. The number of benzene rings is 1. The van der Waals surface area contributed by atoms with Crippen molar-refractivity contribution in [3.63, 3.8) is 0 Å². The molecule has 0 aliphatic carbocycles. The summed E-state index contributed by atoms with van der Waals surface area (Å²) in [6, 6.07) is 5.22. The van der Waals surface area contributed by atoms with Crippen molar-refractivity contribution in [2.45, 2.75) is 26.7 Å². The molecule has 1 aromatic rings. The predicted molar refractivity (Wildman–Crippen MR) is 99.2 cm³/mol. The molecule has 0 fully saturated rings. The molecule has 1 unspecified atom stereocenters. The molecule has 144 valence electrons. The minimum Gasteiger partial charge on any atom is -0.493 e.